The zero-order valence-electron chi connectivity index (χ0n) is 22.0. The van der Waals surface area contributed by atoms with Gasteiger partial charge >= 0.3 is 0 Å². The second-order valence-corrected chi connectivity index (χ2v) is 10.6. The van der Waals surface area contributed by atoms with Gasteiger partial charge in [0.2, 0.25) is 5.91 Å². The first-order chi connectivity index (χ1) is 18.3. The van der Waals surface area contributed by atoms with Gasteiger partial charge in [-0.15, -0.1) is 0 Å². The molecular weight excluding hydrogens is 523 g/mol. The fourth-order valence-corrected chi connectivity index (χ4v) is 5.68. The molecule has 1 unspecified atom stereocenters. The summed E-state index contributed by atoms with van der Waals surface area (Å²) in [5.41, 5.74) is 10.5. The third-order valence-corrected chi connectivity index (χ3v) is 7.78. The average Bonchev–Trinajstić information content (AvgIpc) is 2.92. The molecule has 0 saturated carbocycles. The molecule has 2 aliphatic rings. The van der Waals surface area contributed by atoms with Crippen molar-refractivity contribution in [3.8, 4) is 0 Å². The van der Waals surface area contributed by atoms with Crippen molar-refractivity contribution in [2.24, 2.45) is 5.10 Å². The first-order valence-corrected chi connectivity index (χ1v) is 13.8. The summed E-state index contributed by atoms with van der Waals surface area (Å²) in [6.07, 6.45) is 4.80. The summed E-state index contributed by atoms with van der Waals surface area (Å²) < 4.78 is 0. The maximum absolute atomic E-state index is 11.2. The van der Waals surface area contributed by atoms with Gasteiger partial charge in [-0.3, -0.25) is 14.6 Å². The molecular formula is C27H36Cl2N8O. The van der Waals surface area contributed by atoms with E-state index in [9.17, 15) is 4.79 Å². The average molecular weight is 560 g/mol. The molecule has 0 spiro atoms. The summed E-state index contributed by atoms with van der Waals surface area (Å²) in [5.74, 6) is 0.456. The summed E-state index contributed by atoms with van der Waals surface area (Å²) >= 11 is 12.6. The number of allylic oxidation sites excluding steroid dienone is 1. The number of nitrogen functional groups attached to an aromatic ring is 1. The molecule has 4 rings (SSSR count). The number of likely N-dealkylation sites (tertiary alicyclic amines) is 1. The minimum Gasteiger partial charge on any atom is -0.382 e. The van der Waals surface area contributed by atoms with Gasteiger partial charge in [0.1, 0.15) is 11.4 Å². The number of aromatic nitrogens is 2. The van der Waals surface area contributed by atoms with Crippen molar-refractivity contribution < 1.29 is 4.79 Å². The number of hydrogen-bond donors (Lipinski definition) is 2. The topological polar surface area (TPSA) is 103 Å². The van der Waals surface area contributed by atoms with E-state index in [2.05, 4.69) is 60.8 Å². The molecule has 11 heteroatoms. The van der Waals surface area contributed by atoms with Crippen LogP contribution in [0.15, 0.2) is 42.0 Å². The number of hydrazone groups is 1. The summed E-state index contributed by atoms with van der Waals surface area (Å²) in [6, 6.07) is 9.11. The molecule has 38 heavy (non-hydrogen) atoms. The highest BCUT2D eigenvalue weighted by Gasteiger charge is 2.34. The van der Waals surface area contributed by atoms with E-state index in [1.54, 1.807) is 0 Å². The molecule has 1 amide bonds. The van der Waals surface area contributed by atoms with Gasteiger partial charge in [0.25, 0.3) is 0 Å². The monoisotopic (exact) mass is 558 g/mol. The van der Waals surface area contributed by atoms with Crippen molar-refractivity contribution >= 4 is 46.5 Å². The number of rotatable bonds is 8. The highest BCUT2D eigenvalue weighted by molar-refractivity contribution is 6.32. The van der Waals surface area contributed by atoms with Crippen LogP contribution < -0.4 is 16.1 Å². The lowest BCUT2D eigenvalue weighted by atomic mass is 9.98. The number of benzene rings is 1. The number of amides is 1. The summed E-state index contributed by atoms with van der Waals surface area (Å²) in [4.78, 5) is 27.7. The van der Waals surface area contributed by atoms with Gasteiger partial charge in [0, 0.05) is 50.2 Å². The van der Waals surface area contributed by atoms with E-state index in [-0.39, 0.29) is 16.9 Å². The van der Waals surface area contributed by atoms with Crippen molar-refractivity contribution in [1.29, 1.82) is 0 Å². The maximum atomic E-state index is 11.2. The fourth-order valence-electron chi connectivity index (χ4n) is 5.31. The number of halogens is 2. The number of anilines is 2. The molecule has 1 aromatic heterocycles. The zero-order valence-corrected chi connectivity index (χ0v) is 23.5. The molecule has 204 valence electrons. The normalized spacial score (nSPS) is 19.9. The van der Waals surface area contributed by atoms with Crippen LogP contribution in [0.4, 0.5) is 11.6 Å². The van der Waals surface area contributed by atoms with Crippen molar-refractivity contribution in [3.05, 3.63) is 58.4 Å². The predicted molar refractivity (Wildman–Crippen MR) is 155 cm³/mol. The predicted octanol–water partition coefficient (Wildman–Crippen LogP) is 3.96. The summed E-state index contributed by atoms with van der Waals surface area (Å²) in [6.45, 7) is 13.0. The number of carbonyl (C=O) groups excluding carboxylic acids is 1. The Morgan fingerprint density at radius 1 is 1.18 bits per heavy atom. The number of carbonyl (C=O) groups is 1. The van der Waals surface area contributed by atoms with E-state index in [4.69, 9.17) is 28.9 Å². The number of piperidine rings is 1. The Labute approximate surface area is 234 Å². The SMILES string of the molecule is C=C/C(=N\NC(C)=O)c1nc(Cl)c(N2CCN(C3CCN(Cc4ccc(Cl)cc4)CC3)C(CC)C2)nc1N. The van der Waals surface area contributed by atoms with Gasteiger partial charge in [-0.25, -0.2) is 15.4 Å². The molecule has 1 atom stereocenters. The highest BCUT2D eigenvalue weighted by atomic mass is 35.5. The van der Waals surface area contributed by atoms with Crippen molar-refractivity contribution in [2.45, 2.75) is 51.7 Å². The summed E-state index contributed by atoms with van der Waals surface area (Å²) in [7, 11) is 0. The fraction of sp³-hybridized carbons (Fsp3) is 0.481. The van der Waals surface area contributed by atoms with Gasteiger partial charge in [-0.2, -0.15) is 5.10 Å². The lowest BCUT2D eigenvalue weighted by Crippen LogP contribution is -2.58. The van der Waals surface area contributed by atoms with E-state index < -0.39 is 0 Å². The molecule has 3 heterocycles. The van der Waals surface area contributed by atoms with Gasteiger partial charge in [-0.05, 0) is 56.1 Å². The molecule has 0 bridgehead atoms. The number of nitrogens with zero attached hydrogens (tertiary/aromatic N) is 6. The van der Waals surface area contributed by atoms with Crippen molar-refractivity contribution in [3.63, 3.8) is 0 Å². The van der Waals surface area contributed by atoms with Gasteiger partial charge in [0.05, 0.1) is 0 Å². The minimum absolute atomic E-state index is 0.192. The van der Waals surface area contributed by atoms with Crippen LogP contribution >= 0.6 is 23.2 Å². The van der Waals surface area contributed by atoms with Gasteiger partial charge in [-0.1, -0.05) is 48.8 Å². The van der Waals surface area contributed by atoms with E-state index >= 15 is 0 Å². The molecule has 2 aromatic rings. The van der Waals surface area contributed by atoms with Crippen LogP contribution in [0.2, 0.25) is 10.2 Å². The number of piperazine rings is 1. The molecule has 0 radical (unpaired) electrons. The van der Waals surface area contributed by atoms with Crippen LogP contribution in [0.25, 0.3) is 0 Å². The zero-order chi connectivity index (χ0) is 27.2. The van der Waals surface area contributed by atoms with Gasteiger partial charge < -0.3 is 10.6 Å². The Hall–Kier alpha value is -2.72. The Morgan fingerprint density at radius 2 is 1.89 bits per heavy atom. The summed E-state index contributed by atoms with van der Waals surface area (Å²) in [5, 5.41) is 5.04. The van der Waals surface area contributed by atoms with E-state index in [0.29, 0.717) is 29.3 Å². The number of nitrogens with one attached hydrogen (secondary N) is 1. The molecule has 2 aliphatic heterocycles. The Morgan fingerprint density at radius 3 is 2.53 bits per heavy atom. The lowest BCUT2D eigenvalue weighted by Gasteiger charge is -2.47. The lowest BCUT2D eigenvalue weighted by molar-refractivity contribution is -0.118. The Kier molecular flexibility index (Phi) is 9.59. The molecule has 9 nitrogen and oxygen atoms in total. The second-order valence-electron chi connectivity index (χ2n) is 9.82. The molecule has 2 saturated heterocycles. The first-order valence-electron chi connectivity index (χ1n) is 13.1. The third kappa shape index (κ3) is 6.83. The molecule has 0 aliphatic carbocycles. The van der Waals surface area contributed by atoms with E-state index in [0.717, 1.165) is 63.6 Å². The Bertz CT molecular complexity index is 1160. The van der Waals surface area contributed by atoms with Crippen molar-refractivity contribution in [2.75, 3.05) is 43.4 Å². The van der Waals surface area contributed by atoms with Crippen LogP contribution in [0.5, 0.6) is 0 Å². The molecule has 2 fully saturated rings. The minimum atomic E-state index is -0.311. The maximum Gasteiger partial charge on any atom is 0.236 e. The van der Waals surface area contributed by atoms with Crippen LogP contribution in [0.1, 0.15) is 44.4 Å². The van der Waals surface area contributed by atoms with Crippen LogP contribution in [0, 0.1) is 0 Å². The van der Waals surface area contributed by atoms with Crippen molar-refractivity contribution in [1.82, 2.24) is 25.2 Å². The Balaban J connectivity index is 1.39. The third-order valence-electron chi connectivity index (χ3n) is 7.28. The van der Waals surface area contributed by atoms with Crippen LogP contribution in [-0.2, 0) is 11.3 Å². The van der Waals surface area contributed by atoms with E-state index in [1.165, 1.54) is 18.6 Å². The largest absolute Gasteiger partial charge is 0.382 e. The van der Waals surface area contributed by atoms with Gasteiger partial charge in [0.15, 0.2) is 16.8 Å². The van der Waals surface area contributed by atoms with E-state index in [1.807, 2.05) is 12.1 Å². The first kappa shape index (κ1) is 28.3. The van der Waals surface area contributed by atoms with Crippen LogP contribution in [0.3, 0.4) is 0 Å². The van der Waals surface area contributed by atoms with Crippen LogP contribution in [-0.4, -0.2) is 76.2 Å². The second kappa shape index (κ2) is 12.9. The number of hydrogen-bond acceptors (Lipinski definition) is 8. The molecule has 1 aromatic carbocycles. The quantitative estimate of drug-likeness (QED) is 0.373. The standard InChI is InChI=1S/C27H36Cl2N8O/c1-4-21-17-36(27-25(29)31-24(26(30)32-27)23(5-2)34-33-18(3)38)14-15-37(21)22-10-12-35(13-11-22)16-19-6-8-20(28)9-7-19/h5-9,21-22H,2,4,10-17H2,1,3H3,(H2,30,32)(H,33,38)/b34-23+. The number of nitrogens with two attached hydrogens (primary N) is 1. The smallest absolute Gasteiger partial charge is 0.236 e. The molecule has 3 N–H and O–H groups in total. The highest BCUT2D eigenvalue weighted by Crippen LogP contribution is 2.30.